The number of carbonyl (C=O) groups excluding carboxylic acids is 4. The molecule has 4 rings (SSSR count). The van der Waals surface area contributed by atoms with Gasteiger partial charge in [0.25, 0.3) is 5.91 Å². The first-order valence-corrected chi connectivity index (χ1v) is 15.9. The molecule has 2 aliphatic rings. The van der Waals surface area contributed by atoms with E-state index in [0.29, 0.717) is 45.1 Å². The standard InChI is InChI=1S/C34H47N5O6/c1-6-25-12-11-24-10-9-23(20-27(24)36-25)13-14-34(17-15-33(5,45)16-18-34)32(44)37-28(21(2)3)29(40)35-22(4)30(41)39-19-7-8-26(38-39)31(42)43/h9-14,20-22,26,28,38,45H,6-8,15-19H2,1-5H3,(H,35,40)(H,37,44)(H,42,43)/p-1/b14-13+/t22-,26-,28-,33?,34?/m0/s1. The predicted molar refractivity (Wildman–Crippen MR) is 169 cm³/mol. The van der Waals surface area contributed by atoms with Crippen LogP contribution in [0.2, 0.25) is 0 Å². The number of fused-ring (bicyclic) bond motifs is 1. The number of hydrogen-bond acceptors (Lipinski definition) is 8. The van der Waals surface area contributed by atoms with Crippen LogP contribution in [0.15, 0.2) is 36.4 Å². The summed E-state index contributed by atoms with van der Waals surface area (Å²) in [6, 6.07) is 7.16. The zero-order chi connectivity index (χ0) is 32.9. The van der Waals surface area contributed by atoms with E-state index in [4.69, 9.17) is 4.98 Å². The smallest absolute Gasteiger partial charge is 0.258 e. The van der Waals surface area contributed by atoms with Gasteiger partial charge in [0.2, 0.25) is 11.8 Å². The van der Waals surface area contributed by atoms with Gasteiger partial charge in [-0.25, -0.2) is 5.43 Å². The number of amides is 3. The van der Waals surface area contributed by atoms with E-state index >= 15 is 0 Å². The number of aromatic nitrogens is 1. The molecule has 0 radical (unpaired) electrons. The fourth-order valence-corrected chi connectivity index (χ4v) is 5.97. The van der Waals surface area contributed by atoms with Gasteiger partial charge in [-0.3, -0.25) is 24.4 Å². The molecule has 1 aromatic carbocycles. The average Bonchev–Trinajstić information content (AvgIpc) is 3.02. The largest absolute Gasteiger partial charge is 0.548 e. The molecule has 1 aliphatic heterocycles. The number of pyridine rings is 1. The molecule has 1 aromatic heterocycles. The predicted octanol–water partition coefficient (Wildman–Crippen LogP) is 2.01. The van der Waals surface area contributed by atoms with Gasteiger partial charge in [-0.2, -0.15) is 0 Å². The lowest BCUT2D eigenvalue weighted by molar-refractivity contribution is -0.310. The van der Waals surface area contributed by atoms with Crippen molar-refractivity contribution in [3.8, 4) is 0 Å². The summed E-state index contributed by atoms with van der Waals surface area (Å²) in [7, 11) is 0. The van der Waals surface area contributed by atoms with Crippen LogP contribution in [0.1, 0.15) is 84.4 Å². The summed E-state index contributed by atoms with van der Waals surface area (Å²) in [5.74, 6) is -2.89. The van der Waals surface area contributed by atoms with Crippen LogP contribution in [0.5, 0.6) is 0 Å². The highest BCUT2D eigenvalue weighted by atomic mass is 16.4. The molecule has 3 amide bonds. The van der Waals surface area contributed by atoms with Crippen molar-refractivity contribution in [3.05, 3.63) is 47.7 Å². The van der Waals surface area contributed by atoms with Crippen LogP contribution in [0.3, 0.4) is 0 Å². The Morgan fingerprint density at radius 1 is 1.11 bits per heavy atom. The van der Waals surface area contributed by atoms with Crippen LogP contribution in [0.4, 0.5) is 0 Å². The van der Waals surface area contributed by atoms with Crippen molar-refractivity contribution in [2.75, 3.05) is 6.54 Å². The zero-order valence-corrected chi connectivity index (χ0v) is 26.9. The Labute approximate surface area is 264 Å². The molecule has 0 spiro atoms. The molecule has 2 heterocycles. The van der Waals surface area contributed by atoms with Gasteiger partial charge >= 0.3 is 0 Å². The van der Waals surface area contributed by atoms with E-state index in [1.54, 1.807) is 6.92 Å². The van der Waals surface area contributed by atoms with Crippen LogP contribution in [-0.4, -0.2) is 69.1 Å². The highest BCUT2D eigenvalue weighted by molar-refractivity contribution is 5.94. The van der Waals surface area contributed by atoms with Crippen LogP contribution in [0.25, 0.3) is 17.0 Å². The third kappa shape index (κ3) is 8.26. The zero-order valence-electron chi connectivity index (χ0n) is 26.9. The minimum absolute atomic E-state index is 0.293. The van der Waals surface area contributed by atoms with Gasteiger partial charge in [-0.15, -0.1) is 0 Å². The molecule has 2 fully saturated rings. The molecule has 0 unspecified atom stereocenters. The number of nitrogens with zero attached hydrogens (tertiary/aromatic N) is 2. The van der Waals surface area contributed by atoms with Crippen molar-refractivity contribution in [2.45, 2.75) is 103 Å². The molecule has 1 aliphatic carbocycles. The summed E-state index contributed by atoms with van der Waals surface area (Å²) in [5, 5.41) is 29.9. The van der Waals surface area contributed by atoms with Crippen molar-refractivity contribution >= 4 is 40.7 Å². The lowest BCUT2D eigenvalue weighted by Gasteiger charge is -2.41. The fourth-order valence-electron chi connectivity index (χ4n) is 5.97. The number of aliphatic hydroxyl groups is 1. The minimum atomic E-state index is -1.29. The van der Waals surface area contributed by atoms with Crippen LogP contribution >= 0.6 is 0 Å². The van der Waals surface area contributed by atoms with Gasteiger partial charge in [-0.1, -0.05) is 51.1 Å². The monoisotopic (exact) mass is 620 g/mol. The molecular formula is C34H46N5O6-. The maximum Gasteiger partial charge on any atom is 0.258 e. The molecule has 244 valence electrons. The van der Waals surface area contributed by atoms with Gasteiger partial charge in [-0.05, 0) is 82.4 Å². The summed E-state index contributed by atoms with van der Waals surface area (Å²) in [4.78, 5) is 56.5. The maximum absolute atomic E-state index is 14.1. The average molecular weight is 621 g/mol. The number of aryl methyl sites for hydroxylation is 1. The fraction of sp³-hybridized carbons (Fsp3) is 0.559. The second kappa shape index (κ2) is 14.1. The molecular weight excluding hydrogens is 574 g/mol. The summed E-state index contributed by atoms with van der Waals surface area (Å²) in [6.45, 7) is 9.29. The SMILES string of the molecule is CCc1ccc2ccc(/C=C/C3(C(=O)N[C@H](C(=O)N[C@@H](C)C(=O)N4CCC[C@@H](C(=O)[O-])N4)C(C)C)CCC(C)(O)CC3)cc2n1. The second-order valence-electron chi connectivity index (χ2n) is 13.2. The molecule has 2 aromatic rings. The molecule has 11 heteroatoms. The quantitative estimate of drug-likeness (QED) is 0.313. The highest BCUT2D eigenvalue weighted by Gasteiger charge is 2.44. The summed E-state index contributed by atoms with van der Waals surface area (Å²) >= 11 is 0. The van der Waals surface area contributed by atoms with Crippen LogP contribution in [-0.2, 0) is 25.6 Å². The highest BCUT2D eigenvalue weighted by Crippen LogP contribution is 2.43. The van der Waals surface area contributed by atoms with Gasteiger partial charge < -0.3 is 25.6 Å². The Morgan fingerprint density at radius 3 is 2.44 bits per heavy atom. The lowest BCUT2D eigenvalue weighted by atomic mass is 9.68. The van der Waals surface area contributed by atoms with Crippen molar-refractivity contribution in [1.29, 1.82) is 0 Å². The number of hydrogen-bond donors (Lipinski definition) is 4. The molecule has 1 saturated heterocycles. The maximum atomic E-state index is 14.1. The molecule has 0 bridgehead atoms. The van der Waals surface area contributed by atoms with E-state index in [0.717, 1.165) is 28.6 Å². The number of nitrogens with one attached hydrogen (secondary N) is 3. The first-order valence-electron chi connectivity index (χ1n) is 15.9. The normalized spacial score (nSPS) is 25.2. The van der Waals surface area contributed by atoms with E-state index in [1.807, 2.05) is 56.3 Å². The van der Waals surface area contributed by atoms with Gasteiger partial charge in [0.15, 0.2) is 0 Å². The van der Waals surface area contributed by atoms with Gasteiger partial charge in [0, 0.05) is 17.6 Å². The van der Waals surface area contributed by atoms with Crippen LogP contribution in [0, 0.1) is 11.3 Å². The number of carboxylic acids is 1. The molecule has 4 N–H and O–H groups in total. The van der Waals surface area contributed by atoms with E-state index < -0.39 is 46.9 Å². The Hall–Kier alpha value is -3.83. The third-order valence-corrected chi connectivity index (χ3v) is 9.10. The lowest BCUT2D eigenvalue weighted by Crippen LogP contribution is -2.62. The van der Waals surface area contributed by atoms with Gasteiger partial charge in [0.05, 0.1) is 28.5 Å². The molecule has 45 heavy (non-hydrogen) atoms. The van der Waals surface area contributed by atoms with E-state index in [-0.39, 0.29) is 11.8 Å². The molecule has 11 nitrogen and oxygen atoms in total. The summed E-state index contributed by atoms with van der Waals surface area (Å²) in [5.41, 5.74) is 3.58. The Kier molecular flexibility index (Phi) is 10.7. The van der Waals surface area contributed by atoms with E-state index in [2.05, 4.69) is 23.0 Å². The number of aliphatic carboxylic acids is 1. The first-order chi connectivity index (χ1) is 21.2. The number of hydrazine groups is 1. The van der Waals surface area contributed by atoms with E-state index in [9.17, 15) is 29.4 Å². The topological polar surface area (TPSA) is 164 Å². The second-order valence-corrected chi connectivity index (χ2v) is 13.2. The summed E-state index contributed by atoms with van der Waals surface area (Å²) < 4.78 is 0. The number of benzene rings is 1. The summed E-state index contributed by atoms with van der Waals surface area (Å²) in [6.07, 6.45) is 7.10. The van der Waals surface area contributed by atoms with Crippen molar-refractivity contribution in [2.24, 2.45) is 11.3 Å². The Morgan fingerprint density at radius 2 is 1.80 bits per heavy atom. The van der Waals surface area contributed by atoms with Crippen molar-refractivity contribution in [3.63, 3.8) is 0 Å². The van der Waals surface area contributed by atoms with Crippen LogP contribution < -0.4 is 21.2 Å². The Bertz CT molecular complexity index is 1440. The minimum Gasteiger partial charge on any atom is -0.548 e. The molecule has 1 saturated carbocycles. The number of rotatable bonds is 10. The number of carboxylic acid groups (broad SMARTS) is 1. The molecule has 3 atom stereocenters. The Balaban J connectivity index is 1.51. The van der Waals surface area contributed by atoms with Crippen molar-refractivity contribution < 1.29 is 29.4 Å². The third-order valence-electron chi connectivity index (χ3n) is 9.10. The number of carbonyl (C=O) groups is 4. The van der Waals surface area contributed by atoms with E-state index in [1.165, 1.54) is 11.9 Å². The van der Waals surface area contributed by atoms with Crippen molar-refractivity contribution in [1.82, 2.24) is 26.1 Å². The first kappa shape index (κ1) is 34.1. The van der Waals surface area contributed by atoms with Gasteiger partial charge in [0.1, 0.15) is 12.1 Å².